The van der Waals surface area contributed by atoms with E-state index in [2.05, 4.69) is 6.08 Å². The SMILES string of the molecule is CC[C-]=CC(C)=N.[Y]. The molecule has 0 saturated heterocycles. The van der Waals surface area contributed by atoms with E-state index in [1.165, 1.54) is 0 Å². The Morgan fingerprint density at radius 2 is 2.25 bits per heavy atom. The zero-order chi connectivity index (χ0) is 5.70. The van der Waals surface area contributed by atoms with Crippen LogP contribution in [-0.2, 0) is 32.7 Å². The average Bonchev–Trinajstić information content (AvgIpc) is 1.61. The van der Waals surface area contributed by atoms with Gasteiger partial charge in [0.25, 0.3) is 0 Å². The predicted molar refractivity (Wildman–Crippen MR) is 31.5 cm³/mol. The number of hydrogen-bond donors (Lipinski definition) is 1. The molecule has 1 N–H and O–H groups in total. The van der Waals surface area contributed by atoms with Gasteiger partial charge in [0.1, 0.15) is 0 Å². The molecule has 1 radical (unpaired) electrons. The van der Waals surface area contributed by atoms with Crippen LogP contribution in [0.2, 0.25) is 0 Å². The third-order valence-electron chi connectivity index (χ3n) is 0.523. The van der Waals surface area contributed by atoms with Crippen LogP contribution in [0.25, 0.3) is 0 Å². The minimum atomic E-state index is 0. The van der Waals surface area contributed by atoms with Gasteiger partial charge in [-0.3, -0.25) is 6.08 Å². The fraction of sp³-hybridized carbons (Fsp3) is 0.500. The average molecular weight is 185 g/mol. The first-order valence-corrected chi connectivity index (χ1v) is 2.39. The molecular weight excluding hydrogens is 175 g/mol. The molecule has 0 atom stereocenters. The van der Waals surface area contributed by atoms with Crippen LogP contribution in [0.4, 0.5) is 0 Å². The molecule has 0 fully saturated rings. The van der Waals surface area contributed by atoms with Crippen LogP contribution in [0.15, 0.2) is 6.08 Å². The normalized spacial score (nSPS) is 8.75. The van der Waals surface area contributed by atoms with E-state index in [1.54, 1.807) is 13.0 Å². The molecule has 0 amide bonds. The summed E-state index contributed by atoms with van der Waals surface area (Å²) in [5, 5.41) is 6.88. The molecule has 8 heavy (non-hydrogen) atoms. The molecule has 0 aliphatic heterocycles. The van der Waals surface area contributed by atoms with Crippen LogP contribution < -0.4 is 0 Å². The van der Waals surface area contributed by atoms with Crippen molar-refractivity contribution in [3.05, 3.63) is 12.2 Å². The summed E-state index contributed by atoms with van der Waals surface area (Å²) in [7, 11) is 0. The maximum absolute atomic E-state index is 6.88. The van der Waals surface area contributed by atoms with E-state index in [0.717, 1.165) is 6.42 Å². The van der Waals surface area contributed by atoms with Crippen LogP contribution in [0.1, 0.15) is 20.3 Å². The second kappa shape index (κ2) is 7.51. The summed E-state index contributed by atoms with van der Waals surface area (Å²) in [6.07, 6.45) is 5.48. The Labute approximate surface area is 75.9 Å². The fourth-order valence-corrected chi connectivity index (χ4v) is 0.255. The third kappa shape index (κ3) is 9.72. The van der Waals surface area contributed by atoms with Gasteiger partial charge in [-0.15, -0.1) is 12.1 Å². The van der Waals surface area contributed by atoms with Crippen molar-refractivity contribution in [1.82, 2.24) is 0 Å². The summed E-state index contributed by atoms with van der Waals surface area (Å²) in [5.41, 5.74) is 0.571. The van der Waals surface area contributed by atoms with Gasteiger partial charge in [-0.2, -0.15) is 0 Å². The van der Waals surface area contributed by atoms with Crippen molar-refractivity contribution in [3.63, 3.8) is 0 Å². The maximum atomic E-state index is 6.88. The quantitative estimate of drug-likeness (QED) is 0.501. The minimum absolute atomic E-state index is 0. The topological polar surface area (TPSA) is 23.9 Å². The van der Waals surface area contributed by atoms with E-state index in [4.69, 9.17) is 5.41 Å². The van der Waals surface area contributed by atoms with Crippen LogP contribution in [0.5, 0.6) is 0 Å². The Balaban J connectivity index is 0. The molecule has 43 valence electrons. The summed E-state index contributed by atoms with van der Waals surface area (Å²) in [4.78, 5) is 0. The molecule has 1 nitrogen and oxygen atoms in total. The molecule has 0 aliphatic carbocycles. The molecular formula is C6H10NY-. The third-order valence-corrected chi connectivity index (χ3v) is 0.523. The summed E-state index contributed by atoms with van der Waals surface area (Å²) < 4.78 is 0. The number of hydrogen-bond acceptors (Lipinski definition) is 1. The van der Waals surface area contributed by atoms with Gasteiger partial charge in [0.2, 0.25) is 0 Å². The summed E-state index contributed by atoms with van der Waals surface area (Å²) in [6.45, 7) is 3.74. The van der Waals surface area contributed by atoms with Crippen molar-refractivity contribution >= 4 is 5.71 Å². The van der Waals surface area contributed by atoms with E-state index < -0.39 is 0 Å². The van der Waals surface area contributed by atoms with Crippen molar-refractivity contribution in [2.45, 2.75) is 20.3 Å². The Morgan fingerprint density at radius 3 is 2.38 bits per heavy atom. The van der Waals surface area contributed by atoms with Gasteiger partial charge in [-0.25, -0.2) is 6.08 Å². The Hall–Kier alpha value is 0.514. The molecule has 0 aromatic carbocycles. The zero-order valence-corrected chi connectivity index (χ0v) is 8.20. The van der Waals surface area contributed by atoms with E-state index in [9.17, 15) is 0 Å². The smallest absolute Gasteiger partial charge is 0 e. The largest absolute Gasteiger partial charge is 0.400 e. The van der Waals surface area contributed by atoms with Gasteiger partial charge in [0.05, 0.1) is 0 Å². The first-order valence-electron chi connectivity index (χ1n) is 2.39. The summed E-state index contributed by atoms with van der Waals surface area (Å²) in [5.74, 6) is 0. The Morgan fingerprint density at radius 1 is 1.75 bits per heavy atom. The van der Waals surface area contributed by atoms with Crippen LogP contribution in [0, 0.1) is 11.5 Å². The van der Waals surface area contributed by atoms with Gasteiger partial charge in [-0.05, 0) is 0 Å². The van der Waals surface area contributed by atoms with Crippen molar-refractivity contribution < 1.29 is 32.7 Å². The standard InChI is InChI=1S/C6H10N.Y/c1-3-4-5-6(2)7;/h5,7H,3H2,1-2H3;/q-1;. The number of rotatable bonds is 2. The van der Waals surface area contributed by atoms with E-state index in [1.807, 2.05) is 6.92 Å². The van der Waals surface area contributed by atoms with E-state index >= 15 is 0 Å². The zero-order valence-electron chi connectivity index (χ0n) is 5.36. The molecule has 0 aromatic heterocycles. The van der Waals surface area contributed by atoms with Crippen LogP contribution >= 0.6 is 0 Å². The molecule has 0 aliphatic rings. The molecule has 2 heteroatoms. The second-order valence-corrected chi connectivity index (χ2v) is 1.39. The second-order valence-electron chi connectivity index (χ2n) is 1.39. The molecule has 0 bridgehead atoms. The molecule has 0 rings (SSSR count). The first-order chi connectivity index (χ1) is 3.27. The summed E-state index contributed by atoms with van der Waals surface area (Å²) >= 11 is 0. The van der Waals surface area contributed by atoms with Gasteiger partial charge < -0.3 is 5.41 Å². The summed E-state index contributed by atoms with van der Waals surface area (Å²) in [6, 6.07) is 0. The monoisotopic (exact) mass is 185 g/mol. The van der Waals surface area contributed by atoms with E-state index in [0.29, 0.717) is 5.71 Å². The Bertz CT molecular complexity index is 86.5. The van der Waals surface area contributed by atoms with E-state index in [-0.39, 0.29) is 32.7 Å². The van der Waals surface area contributed by atoms with Crippen LogP contribution in [0.3, 0.4) is 0 Å². The fourth-order valence-electron chi connectivity index (χ4n) is 0.255. The van der Waals surface area contributed by atoms with Crippen molar-refractivity contribution in [2.24, 2.45) is 0 Å². The van der Waals surface area contributed by atoms with Gasteiger partial charge in [0.15, 0.2) is 0 Å². The maximum Gasteiger partial charge on any atom is 0 e. The first kappa shape index (κ1) is 11.3. The van der Waals surface area contributed by atoms with Crippen LogP contribution in [-0.4, -0.2) is 5.71 Å². The van der Waals surface area contributed by atoms with Gasteiger partial charge in [0, 0.05) is 32.7 Å². The van der Waals surface area contributed by atoms with Crippen molar-refractivity contribution in [2.75, 3.05) is 0 Å². The molecule has 0 spiro atoms. The molecule has 0 saturated carbocycles. The molecule has 0 unspecified atom stereocenters. The van der Waals surface area contributed by atoms with Crippen molar-refractivity contribution in [3.8, 4) is 0 Å². The van der Waals surface area contributed by atoms with Gasteiger partial charge >= 0.3 is 0 Å². The van der Waals surface area contributed by atoms with Crippen molar-refractivity contribution in [1.29, 1.82) is 5.41 Å². The molecule has 0 heterocycles. The minimum Gasteiger partial charge on any atom is -0.400 e. The molecule has 0 aromatic rings. The predicted octanol–water partition coefficient (Wildman–Crippen LogP) is 1.79. The number of allylic oxidation sites excluding steroid dienone is 2. The number of nitrogens with one attached hydrogen (secondary N) is 1. The Kier molecular flexibility index (Phi) is 10.6. The van der Waals surface area contributed by atoms with Gasteiger partial charge in [-0.1, -0.05) is 13.8 Å².